The molecule has 1 saturated heterocycles. The molecule has 0 spiro atoms. The first-order valence-electron chi connectivity index (χ1n) is 5.09. The zero-order valence-corrected chi connectivity index (χ0v) is 20.8. The Morgan fingerprint density at radius 2 is 0.824 bits per heavy atom. The lowest BCUT2D eigenvalue weighted by Crippen LogP contribution is -2.28. The largest absolute Gasteiger partial charge is 0.425 e. The fourth-order valence-corrected chi connectivity index (χ4v) is 15.4. The minimum atomic E-state index is -1.52. The molecule has 0 aliphatic carbocycles. The van der Waals surface area contributed by atoms with Crippen LogP contribution in [0.3, 0.4) is 0 Å². The standard InChI is InChI=1S/CH18O8Si8/c1-17-8-15-6-13-4-11-2-10-3-12-5-14-7-16-9-17/h17H,10-16H2,1H3. The molecule has 0 amide bonds. The molecule has 0 saturated carbocycles. The summed E-state index contributed by atoms with van der Waals surface area (Å²) in [4.78, 5) is 0. The summed E-state index contributed by atoms with van der Waals surface area (Å²) >= 11 is 0. The molecule has 8 nitrogen and oxygen atoms in total. The zero-order chi connectivity index (χ0) is 12.2. The maximum Gasteiger partial charge on any atom is 0.299 e. The van der Waals surface area contributed by atoms with Crippen LogP contribution >= 0.6 is 0 Å². The average Bonchev–Trinajstić information content (AvgIpc) is 2.32. The Morgan fingerprint density at radius 1 is 0.529 bits per heavy atom. The van der Waals surface area contributed by atoms with E-state index in [-0.39, 0.29) is 0 Å². The van der Waals surface area contributed by atoms with E-state index in [2.05, 4.69) is 0 Å². The molecule has 1 aliphatic heterocycles. The molecule has 1 fully saturated rings. The van der Waals surface area contributed by atoms with Crippen molar-refractivity contribution in [1.29, 1.82) is 0 Å². The molecule has 16 heteroatoms. The first kappa shape index (κ1) is 16.5. The second kappa shape index (κ2) is 12.4. The van der Waals surface area contributed by atoms with Crippen LogP contribution in [0.5, 0.6) is 0 Å². The number of hydrogen-bond donors (Lipinski definition) is 0. The van der Waals surface area contributed by atoms with Gasteiger partial charge < -0.3 is 32.9 Å². The third kappa shape index (κ3) is 11.0. The molecule has 0 aromatic rings. The molecule has 17 heavy (non-hydrogen) atoms. The second-order valence-corrected chi connectivity index (χ2v) is 18.2. The van der Waals surface area contributed by atoms with E-state index in [0.29, 0.717) is 0 Å². The Bertz CT molecular complexity index is 156. The van der Waals surface area contributed by atoms with Crippen LogP contribution in [0.4, 0.5) is 0 Å². The highest BCUT2D eigenvalue weighted by Gasteiger charge is 2.06. The molecule has 0 aromatic heterocycles. The van der Waals surface area contributed by atoms with Crippen molar-refractivity contribution in [1.82, 2.24) is 0 Å². The van der Waals surface area contributed by atoms with Gasteiger partial charge in [0.2, 0.25) is 0 Å². The summed E-state index contributed by atoms with van der Waals surface area (Å²) in [6, 6.07) is 0. The van der Waals surface area contributed by atoms with E-state index >= 15 is 0 Å². The van der Waals surface area contributed by atoms with Gasteiger partial charge in [0.15, 0.2) is 0 Å². The fraction of sp³-hybridized carbons (Fsp3) is 1.00. The van der Waals surface area contributed by atoms with Crippen molar-refractivity contribution in [3.63, 3.8) is 0 Å². The van der Waals surface area contributed by atoms with Gasteiger partial charge in [0, 0.05) is 0 Å². The van der Waals surface area contributed by atoms with Gasteiger partial charge in [-0.2, -0.15) is 0 Å². The molecule has 1 rings (SSSR count). The number of rotatable bonds is 0. The maximum atomic E-state index is 5.53. The van der Waals surface area contributed by atoms with Crippen molar-refractivity contribution in [2.45, 2.75) is 6.55 Å². The van der Waals surface area contributed by atoms with Crippen molar-refractivity contribution in [2.75, 3.05) is 0 Å². The molecule has 0 unspecified atom stereocenters. The van der Waals surface area contributed by atoms with Gasteiger partial charge in [0.05, 0.1) is 0 Å². The topological polar surface area (TPSA) is 73.8 Å². The van der Waals surface area contributed by atoms with Gasteiger partial charge in [-0.1, -0.05) is 0 Å². The van der Waals surface area contributed by atoms with E-state index in [4.69, 9.17) is 32.9 Å². The summed E-state index contributed by atoms with van der Waals surface area (Å²) in [5, 5.41) is 0. The molecule has 0 atom stereocenters. The Hall–Kier alpha value is 1.42. The molecular weight excluding hydrogens is 365 g/mol. The smallest absolute Gasteiger partial charge is 0.299 e. The normalized spacial score (nSPS) is 37.6. The van der Waals surface area contributed by atoms with Gasteiger partial charge in [0.25, 0.3) is 79.3 Å². The van der Waals surface area contributed by atoms with E-state index in [1.165, 1.54) is 0 Å². The van der Waals surface area contributed by atoms with E-state index in [1.807, 2.05) is 6.55 Å². The molecule has 1 heterocycles. The summed E-state index contributed by atoms with van der Waals surface area (Å²) in [7, 11) is -7.82. The highest BCUT2D eigenvalue weighted by Crippen LogP contribution is 1.87. The monoisotopic (exact) mass is 382 g/mol. The Balaban J connectivity index is 2.09. The molecule has 0 radical (unpaired) electrons. The lowest BCUT2D eigenvalue weighted by atomic mass is 11.9. The van der Waals surface area contributed by atoms with Crippen LogP contribution in [0.1, 0.15) is 0 Å². The van der Waals surface area contributed by atoms with Gasteiger partial charge in [-0.3, -0.25) is 0 Å². The Labute approximate surface area is 119 Å². The van der Waals surface area contributed by atoms with Gasteiger partial charge in [-0.15, -0.1) is 0 Å². The maximum absolute atomic E-state index is 5.53. The second-order valence-electron chi connectivity index (χ2n) is 2.95. The van der Waals surface area contributed by atoms with Crippen LogP contribution in [0.15, 0.2) is 0 Å². The van der Waals surface area contributed by atoms with Gasteiger partial charge in [0.1, 0.15) is 0 Å². The van der Waals surface area contributed by atoms with Crippen molar-refractivity contribution >= 4 is 79.3 Å². The molecular formula is CH18O8Si8. The lowest BCUT2D eigenvalue weighted by molar-refractivity contribution is 0.341. The third-order valence-electron chi connectivity index (χ3n) is 1.61. The van der Waals surface area contributed by atoms with Crippen LogP contribution in [-0.2, 0) is 32.9 Å². The van der Waals surface area contributed by atoms with Crippen LogP contribution in [0, 0.1) is 0 Å². The highest BCUT2D eigenvalue weighted by molar-refractivity contribution is 6.57. The zero-order valence-electron chi connectivity index (χ0n) is 9.79. The van der Waals surface area contributed by atoms with Crippen LogP contribution in [0.25, 0.3) is 0 Å². The van der Waals surface area contributed by atoms with E-state index in [9.17, 15) is 0 Å². The highest BCUT2D eigenvalue weighted by atomic mass is 28.4. The SMILES string of the molecule is C[SiH]1O[SiH2]O[SiH2]O[SiH2]O[SiH2]O[SiH2]O[SiH2]O[SiH2]O1. The average molecular weight is 383 g/mol. The molecule has 1 aliphatic rings. The Kier molecular flexibility index (Phi) is 12.1. The van der Waals surface area contributed by atoms with Crippen LogP contribution < -0.4 is 0 Å². The van der Waals surface area contributed by atoms with E-state index in [1.54, 1.807) is 0 Å². The first-order chi connectivity index (χ1) is 8.39. The first-order valence-corrected chi connectivity index (χ1v) is 15.3. The van der Waals surface area contributed by atoms with Crippen LogP contribution in [-0.4, -0.2) is 79.3 Å². The van der Waals surface area contributed by atoms with Gasteiger partial charge >= 0.3 is 0 Å². The van der Waals surface area contributed by atoms with Gasteiger partial charge in [-0.05, 0) is 6.55 Å². The molecule has 0 N–H and O–H groups in total. The summed E-state index contributed by atoms with van der Waals surface area (Å²) in [5.41, 5.74) is 0. The Morgan fingerprint density at radius 3 is 1.18 bits per heavy atom. The van der Waals surface area contributed by atoms with E-state index < -0.39 is 79.3 Å². The predicted molar refractivity (Wildman–Crippen MR) is 81.5 cm³/mol. The third-order valence-corrected chi connectivity index (χ3v) is 14.4. The quantitative estimate of drug-likeness (QED) is 0.383. The summed E-state index contributed by atoms with van der Waals surface area (Å²) < 4.78 is 43.2. The summed E-state index contributed by atoms with van der Waals surface area (Å²) in [6.45, 7) is 1.99. The minimum Gasteiger partial charge on any atom is -0.425 e. The summed E-state index contributed by atoms with van der Waals surface area (Å²) in [5.74, 6) is 0. The minimum absolute atomic E-state index is 0.883. The molecule has 102 valence electrons. The van der Waals surface area contributed by atoms with E-state index in [0.717, 1.165) is 0 Å². The van der Waals surface area contributed by atoms with Crippen molar-refractivity contribution in [3.8, 4) is 0 Å². The fourth-order valence-electron chi connectivity index (χ4n) is 0.835. The summed E-state index contributed by atoms with van der Waals surface area (Å²) in [6.07, 6.45) is 0. The predicted octanol–water partition coefficient (Wildman–Crippen LogP) is -7.03. The van der Waals surface area contributed by atoms with Gasteiger partial charge in [-0.25, -0.2) is 0 Å². The molecule has 0 bridgehead atoms. The van der Waals surface area contributed by atoms with Crippen LogP contribution in [0.2, 0.25) is 6.55 Å². The molecule has 0 aromatic carbocycles. The number of hydrogen-bond acceptors (Lipinski definition) is 8. The van der Waals surface area contributed by atoms with Crippen molar-refractivity contribution < 1.29 is 32.9 Å². The van der Waals surface area contributed by atoms with Crippen molar-refractivity contribution in [3.05, 3.63) is 0 Å². The lowest BCUT2D eigenvalue weighted by Gasteiger charge is -2.14. The van der Waals surface area contributed by atoms with Crippen molar-refractivity contribution in [2.24, 2.45) is 0 Å².